The van der Waals surface area contributed by atoms with Crippen molar-refractivity contribution in [2.75, 3.05) is 60.5 Å². The summed E-state index contributed by atoms with van der Waals surface area (Å²) >= 11 is 0. The summed E-state index contributed by atoms with van der Waals surface area (Å²) in [5.41, 5.74) is 0. The Morgan fingerprint density at radius 2 is 2.05 bits per heavy atom. The molecule has 0 aromatic heterocycles. The lowest BCUT2D eigenvalue weighted by molar-refractivity contribution is -0.139. The molecule has 1 rings (SSSR count). The Bertz CT molecular complexity index is 372. The van der Waals surface area contributed by atoms with Crippen LogP contribution in [0.15, 0.2) is 0 Å². The highest BCUT2D eigenvalue weighted by Gasteiger charge is 2.28. The summed E-state index contributed by atoms with van der Waals surface area (Å²) in [5, 5.41) is 2.66. The van der Waals surface area contributed by atoms with Gasteiger partial charge in [0.05, 0.1) is 13.2 Å². The lowest BCUT2D eigenvalue weighted by Crippen LogP contribution is -2.56. The Kier molecular flexibility index (Phi) is 6.23. The van der Waals surface area contributed by atoms with E-state index in [0.29, 0.717) is 26.2 Å². The molecule has 4 amide bonds. The molecular weight excluding hydrogens is 264 g/mol. The molecule has 0 saturated carbocycles. The number of amides is 4. The van der Waals surface area contributed by atoms with Gasteiger partial charge in [-0.1, -0.05) is 0 Å². The molecule has 8 heteroatoms. The van der Waals surface area contributed by atoms with Crippen LogP contribution in [0.1, 0.15) is 0 Å². The van der Waals surface area contributed by atoms with Crippen molar-refractivity contribution >= 4 is 17.8 Å². The molecule has 0 aromatic rings. The quantitative estimate of drug-likeness (QED) is 0.629. The van der Waals surface area contributed by atoms with E-state index in [1.54, 1.807) is 21.2 Å². The van der Waals surface area contributed by atoms with E-state index in [1.807, 2.05) is 0 Å². The van der Waals surface area contributed by atoms with E-state index >= 15 is 0 Å². The average molecular weight is 286 g/mol. The molecule has 1 aliphatic rings. The lowest BCUT2D eigenvalue weighted by Gasteiger charge is -2.35. The van der Waals surface area contributed by atoms with Gasteiger partial charge in [-0.2, -0.15) is 0 Å². The second-order valence-electron chi connectivity index (χ2n) is 4.76. The van der Waals surface area contributed by atoms with Crippen molar-refractivity contribution in [2.45, 2.75) is 0 Å². The molecule has 1 saturated heterocycles. The number of carbonyl (C=O) groups excluding carboxylic acids is 3. The SMILES string of the molecule is COCCNC(=O)CN1CCN(C(=O)N(C)C)CC1=O. The fourth-order valence-corrected chi connectivity index (χ4v) is 1.84. The van der Waals surface area contributed by atoms with E-state index < -0.39 is 0 Å². The van der Waals surface area contributed by atoms with Crippen LogP contribution < -0.4 is 5.32 Å². The van der Waals surface area contributed by atoms with Crippen LogP contribution >= 0.6 is 0 Å². The van der Waals surface area contributed by atoms with E-state index in [1.165, 1.54) is 14.7 Å². The molecule has 1 heterocycles. The molecule has 0 aliphatic carbocycles. The number of piperazine rings is 1. The third-order valence-electron chi connectivity index (χ3n) is 2.93. The van der Waals surface area contributed by atoms with E-state index in [2.05, 4.69) is 5.32 Å². The Balaban J connectivity index is 2.39. The van der Waals surface area contributed by atoms with Gasteiger partial charge in [-0.15, -0.1) is 0 Å². The molecule has 114 valence electrons. The average Bonchev–Trinajstić information content (AvgIpc) is 2.40. The van der Waals surface area contributed by atoms with Crippen LogP contribution in [-0.2, 0) is 14.3 Å². The zero-order valence-electron chi connectivity index (χ0n) is 12.2. The smallest absolute Gasteiger partial charge is 0.320 e. The highest BCUT2D eigenvalue weighted by atomic mass is 16.5. The first-order valence-electron chi connectivity index (χ1n) is 6.45. The van der Waals surface area contributed by atoms with Gasteiger partial charge in [-0.3, -0.25) is 9.59 Å². The summed E-state index contributed by atoms with van der Waals surface area (Å²) in [6, 6.07) is -0.192. The van der Waals surface area contributed by atoms with Gasteiger partial charge in [-0.05, 0) is 0 Å². The van der Waals surface area contributed by atoms with Crippen molar-refractivity contribution in [3.63, 3.8) is 0 Å². The van der Waals surface area contributed by atoms with Crippen LogP contribution in [0.5, 0.6) is 0 Å². The summed E-state index contributed by atoms with van der Waals surface area (Å²) in [4.78, 5) is 39.6. The summed E-state index contributed by atoms with van der Waals surface area (Å²) in [5.74, 6) is -0.434. The minimum absolute atomic E-state index is 0.0162. The molecule has 1 N–H and O–H groups in total. The summed E-state index contributed by atoms with van der Waals surface area (Å²) in [7, 11) is 4.83. The Labute approximate surface area is 118 Å². The maximum Gasteiger partial charge on any atom is 0.320 e. The van der Waals surface area contributed by atoms with Gasteiger partial charge in [0.2, 0.25) is 11.8 Å². The van der Waals surface area contributed by atoms with Gasteiger partial charge in [0.15, 0.2) is 0 Å². The maximum atomic E-state index is 11.9. The predicted octanol–water partition coefficient (Wildman–Crippen LogP) is -1.43. The van der Waals surface area contributed by atoms with Gasteiger partial charge in [0.25, 0.3) is 0 Å². The highest BCUT2D eigenvalue weighted by molar-refractivity contribution is 5.88. The standard InChI is InChI=1S/C12H22N4O4/c1-14(2)12(19)16-6-5-15(11(18)9-16)8-10(17)13-4-7-20-3/h4-9H2,1-3H3,(H,13,17). The van der Waals surface area contributed by atoms with Gasteiger partial charge in [0, 0.05) is 40.8 Å². The molecule has 0 radical (unpaired) electrons. The highest BCUT2D eigenvalue weighted by Crippen LogP contribution is 2.05. The molecule has 0 aromatic carbocycles. The monoisotopic (exact) mass is 286 g/mol. The van der Waals surface area contributed by atoms with Crippen LogP contribution in [0.4, 0.5) is 4.79 Å². The number of rotatable bonds is 5. The number of nitrogens with zero attached hydrogens (tertiary/aromatic N) is 3. The molecule has 0 unspecified atom stereocenters. The number of hydrogen-bond donors (Lipinski definition) is 1. The largest absolute Gasteiger partial charge is 0.383 e. The minimum atomic E-state index is -0.220. The number of ether oxygens (including phenoxy) is 1. The summed E-state index contributed by atoms with van der Waals surface area (Å²) < 4.78 is 4.82. The summed E-state index contributed by atoms with van der Waals surface area (Å²) in [6.45, 7) is 1.70. The van der Waals surface area contributed by atoms with Crippen molar-refractivity contribution < 1.29 is 19.1 Å². The number of hydrogen-bond acceptors (Lipinski definition) is 4. The van der Waals surface area contributed by atoms with Crippen LogP contribution in [0.3, 0.4) is 0 Å². The molecule has 20 heavy (non-hydrogen) atoms. The number of urea groups is 1. The first kappa shape index (κ1) is 16.2. The Hall–Kier alpha value is -1.83. The predicted molar refractivity (Wildman–Crippen MR) is 72.1 cm³/mol. The van der Waals surface area contributed by atoms with Crippen molar-refractivity contribution in [3.8, 4) is 0 Å². The van der Waals surface area contributed by atoms with Gasteiger partial charge >= 0.3 is 6.03 Å². The van der Waals surface area contributed by atoms with Crippen LogP contribution in [0, 0.1) is 0 Å². The lowest BCUT2D eigenvalue weighted by atomic mass is 10.3. The van der Waals surface area contributed by atoms with Crippen LogP contribution in [0.2, 0.25) is 0 Å². The number of carbonyl (C=O) groups is 3. The molecule has 0 bridgehead atoms. The van der Waals surface area contributed by atoms with Gasteiger partial charge in [0.1, 0.15) is 6.54 Å². The molecule has 0 spiro atoms. The number of nitrogens with one attached hydrogen (secondary N) is 1. The summed E-state index contributed by atoms with van der Waals surface area (Å²) in [6.07, 6.45) is 0. The maximum absolute atomic E-state index is 11.9. The molecule has 1 aliphatic heterocycles. The molecule has 8 nitrogen and oxygen atoms in total. The van der Waals surface area contributed by atoms with E-state index in [4.69, 9.17) is 4.74 Å². The first-order valence-corrected chi connectivity index (χ1v) is 6.45. The van der Waals surface area contributed by atoms with Crippen LogP contribution in [-0.4, -0.2) is 93.1 Å². The van der Waals surface area contributed by atoms with Crippen molar-refractivity contribution in [1.82, 2.24) is 20.0 Å². The Morgan fingerprint density at radius 1 is 1.35 bits per heavy atom. The topological polar surface area (TPSA) is 82.2 Å². The van der Waals surface area contributed by atoms with E-state index in [0.717, 1.165) is 0 Å². The van der Waals surface area contributed by atoms with Gasteiger partial charge < -0.3 is 24.8 Å². The molecular formula is C12H22N4O4. The zero-order valence-corrected chi connectivity index (χ0v) is 12.2. The Morgan fingerprint density at radius 3 is 2.60 bits per heavy atom. The fraction of sp³-hybridized carbons (Fsp3) is 0.750. The van der Waals surface area contributed by atoms with E-state index in [-0.39, 0.29) is 30.9 Å². The van der Waals surface area contributed by atoms with Crippen molar-refractivity contribution in [2.24, 2.45) is 0 Å². The zero-order chi connectivity index (χ0) is 15.1. The normalized spacial score (nSPS) is 15.2. The van der Waals surface area contributed by atoms with E-state index in [9.17, 15) is 14.4 Å². The third kappa shape index (κ3) is 4.69. The first-order chi connectivity index (χ1) is 9.45. The van der Waals surface area contributed by atoms with Crippen LogP contribution in [0.25, 0.3) is 0 Å². The fourth-order valence-electron chi connectivity index (χ4n) is 1.84. The van der Waals surface area contributed by atoms with Crippen molar-refractivity contribution in [3.05, 3.63) is 0 Å². The molecule has 0 atom stereocenters. The minimum Gasteiger partial charge on any atom is -0.383 e. The third-order valence-corrected chi connectivity index (χ3v) is 2.93. The van der Waals surface area contributed by atoms with Gasteiger partial charge in [-0.25, -0.2) is 4.79 Å². The second kappa shape index (κ2) is 7.68. The van der Waals surface area contributed by atoms with Crippen molar-refractivity contribution in [1.29, 1.82) is 0 Å². The molecule has 1 fully saturated rings. The second-order valence-corrected chi connectivity index (χ2v) is 4.76. The number of methoxy groups -OCH3 is 1.